The summed E-state index contributed by atoms with van der Waals surface area (Å²) in [6, 6.07) is 29.5. The fourth-order valence-corrected chi connectivity index (χ4v) is 5.02. The molecule has 0 radical (unpaired) electrons. The molecule has 0 spiro atoms. The first-order valence-corrected chi connectivity index (χ1v) is 14.0. The molecule has 0 saturated carbocycles. The van der Waals surface area contributed by atoms with Gasteiger partial charge in [0, 0.05) is 24.2 Å². The molecule has 0 aromatic heterocycles. The molecule has 2 atom stereocenters. The summed E-state index contributed by atoms with van der Waals surface area (Å²) in [5.41, 5.74) is 4.03. The fourth-order valence-electron chi connectivity index (χ4n) is 4.82. The third-order valence-corrected chi connectivity index (χ3v) is 7.33. The van der Waals surface area contributed by atoms with Gasteiger partial charge < -0.3 is 24.1 Å². The van der Waals surface area contributed by atoms with Gasteiger partial charge in [0.2, 0.25) is 0 Å². The predicted octanol–water partition coefficient (Wildman–Crippen LogP) is 7.11. The monoisotopic (exact) mass is 575 g/mol. The number of benzene rings is 4. The SMILES string of the molecule is COc1ccc(CC(C)N(Cc2ccc(OCc3ccccc3)c(OC)c2)CC(O)c2cccc(Cl)c2)cc1OC. The number of hydrogen-bond donors (Lipinski definition) is 1. The number of aliphatic hydroxyl groups is 1. The van der Waals surface area contributed by atoms with E-state index in [1.165, 1.54) is 0 Å². The summed E-state index contributed by atoms with van der Waals surface area (Å²) < 4.78 is 22.7. The molecule has 4 aromatic rings. The van der Waals surface area contributed by atoms with Gasteiger partial charge in [0.15, 0.2) is 23.0 Å². The number of nitrogens with zero attached hydrogens (tertiary/aromatic N) is 1. The van der Waals surface area contributed by atoms with E-state index >= 15 is 0 Å². The van der Waals surface area contributed by atoms with E-state index in [2.05, 4.69) is 11.8 Å². The van der Waals surface area contributed by atoms with Crippen molar-refractivity contribution >= 4 is 11.6 Å². The van der Waals surface area contributed by atoms with Crippen LogP contribution in [0.5, 0.6) is 23.0 Å². The first-order chi connectivity index (χ1) is 19.9. The van der Waals surface area contributed by atoms with Gasteiger partial charge in [-0.05, 0) is 72.0 Å². The van der Waals surface area contributed by atoms with Crippen molar-refractivity contribution in [2.75, 3.05) is 27.9 Å². The first-order valence-electron chi connectivity index (χ1n) is 13.6. The average Bonchev–Trinajstić information content (AvgIpc) is 3.00. The lowest BCUT2D eigenvalue weighted by molar-refractivity contribution is 0.0858. The number of rotatable bonds is 14. The normalized spacial score (nSPS) is 12.6. The maximum atomic E-state index is 11.2. The Morgan fingerprint density at radius 3 is 2.07 bits per heavy atom. The zero-order chi connectivity index (χ0) is 29.2. The highest BCUT2D eigenvalue weighted by molar-refractivity contribution is 6.30. The van der Waals surface area contributed by atoms with E-state index in [0.717, 1.165) is 28.7 Å². The minimum absolute atomic E-state index is 0.0851. The van der Waals surface area contributed by atoms with E-state index in [4.69, 9.17) is 30.5 Å². The van der Waals surface area contributed by atoms with Crippen LogP contribution in [0.25, 0.3) is 0 Å². The lowest BCUT2D eigenvalue weighted by atomic mass is 10.0. The van der Waals surface area contributed by atoms with Crippen molar-refractivity contribution in [3.05, 3.63) is 118 Å². The van der Waals surface area contributed by atoms with Gasteiger partial charge in [-0.2, -0.15) is 0 Å². The maximum Gasteiger partial charge on any atom is 0.161 e. The zero-order valence-corrected chi connectivity index (χ0v) is 24.8. The molecule has 6 nitrogen and oxygen atoms in total. The second-order valence-corrected chi connectivity index (χ2v) is 10.4. The van der Waals surface area contributed by atoms with Gasteiger partial charge in [-0.1, -0.05) is 66.2 Å². The van der Waals surface area contributed by atoms with Gasteiger partial charge >= 0.3 is 0 Å². The van der Waals surface area contributed by atoms with Gasteiger partial charge in [0.25, 0.3) is 0 Å². The molecular formula is C34H38ClNO5. The van der Waals surface area contributed by atoms with Crippen molar-refractivity contribution in [3.8, 4) is 23.0 Å². The Bertz CT molecular complexity index is 1400. The summed E-state index contributed by atoms with van der Waals surface area (Å²) >= 11 is 6.22. The highest BCUT2D eigenvalue weighted by Gasteiger charge is 2.21. The van der Waals surface area contributed by atoms with E-state index in [1.54, 1.807) is 21.3 Å². The Hall–Kier alpha value is -3.71. The topological polar surface area (TPSA) is 60.4 Å². The van der Waals surface area contributed by atoms with Crippen molar-refractivity contribution in [1.82, 2.24) is 4.90 Å². The number of halogens is 1. The summed E-state index contributed by atoms with van der Waals surface area (Å²) in [6.07, 6.45) is 0.0369. The average molecular weight is 576 g/mol. The summed E-state index contributed by atoms with van der Waals surface area (Å²) in [7, 11) is 4.92. The number of ether oxygens (including phenoxy) is 4. The molecule has 0 saturated heterocycles. The second kappa shape index (κ2) is 14.8. The molecular weight excluding hydrogens is 538 g/mol. The second-order valence-electron chi connectivity index (χ2n) is 10.0. The minimum atomic E-state index is -0.711. The molecule has 0 heterocycles. The predicted molar refractivity (Wildman–Crippen MR) is 163 cm³/mol. The summed E-state index contributed by atoms with van der Waals surface area (Å²) in [5, 5.41) is 11.8. The van der Waals surface area contributed by atoms with Gasteiger partial charge in [-0.25, -0.2) is 0 Å². The van der Waals surface area contributed by atoms with Crippen molar-refractivity contribution in [3.63, 3.8) is 0 Å². The smallest absolute Gasteiger partial charge is 0.161 e. The molecule has 7 heteroatoms. The molecule has 0 bridgehead atoms. The van der Waals surface area contributed by atoms with Crippen LogP contribution in [0.1, 0.15) is 35.3 Å². The molecule has 0 aliphatic carbocycles. The Morgan fingerprint density at radius 2 is 1.37 bits per heavy atom. The Morgan fingerprint density at radius 1 is 0.707 bits per heavy atom. The molecule has 1 N–H and O–H groups in total. The van der Waals surface area contributed by atoms with Crippen LogP contribution in [0.15, 0.2) is 91.0 Å². The van der Waals surface area contributed by atoms with Gasteiger partial charge in [0.05, 0.1) is 27.4 Å². The van der Waals surface area contributed by atoms with Crippen LogP contribution in [0, 0.1) is 0 Å². The highest BCUT2D eigenvalue weighted by atomic mass is 35.5. The molecule has 0 aliphatic heterocycles. The van der Waals surface area contributed by atoms with Gasteiger partial charge in [-0.3, -0.25) is 4.90 Å². The van der Waals surface area contributed by atoms with E-state index in [1.807, 2.05) is 91.0 Å². The fraction of sp³-hybridized carbons (Fsp3) is 0.294. The summed E-state index contributed by atoms with van der Waals surface area (Å²) in [4.78, 5) is 2.27. The van der Waals surface area contributed by atoms with Crippen molar-refractivity contribution < 1.29 is 24.1 Å². The molecule has 41 heavy (non-hydrogen) atoms. The lowest BCUT2D eigenvalue weighted by Gasteiger charge is -2.32. The maximum absolute atomic E-state index is 11.2. The summed E-state index contributed by atoms with van der Waals surface area (Å²) in [6.45, 7) is 3.64. The van der Waals surface area contributed by atoms with Crippen LogP contribution < -0.4 is 18.9 Å². The van der Waals surface area contributed by atoms with Crippen LogP contribution in [0.4, 0.5) is 0 Å². The van der Waals surface area contributed by atoms with E-state index < -0.39 is 6.10 Å². The zero-order valence-electron chi connectivity index (χ0n) is 24.0. The van der Waals surface area contributed by atoms with Crippen molar-refractivity contribution in [2.24, 2.45) is 0 Å². The molecule has 0 fully saturated rings. The van der Waals surface area contributed by atoms with E-state index in [-0.39, 0.29) is 6.04 Å². The number of aliphatic hydroxyl groups excluding tert-OH is 1. The van der Waals surface area contributed by atoms with Crippen LogP contribution in [-0.4, -0.2) is 43.9 Å². The third-order valence-electron chi connectivity index (χ3n) is 7.09. The van der Waals surface area contributed by atoms with Crippen molar-refractivity contribution in [1.29, 1.82) is 0 Å². The van der Waals surface area contributed by atoms with Crippen LogP contribution in [-0.2, 0) is 19.6 Å². The molecule has 216 valence electrons. The molecule has 4 aromatic carbocycles. The first kappa shape index (κ1) is 30.3. The largest absolute Gasteiger partial charge is 0.493 e. The molecule has 0 aliphatic rings. The van der Waals surface area contributed by atoms with Gasteiger partial charge in [0.1, 0.15) is 6.61 Å². The highest BCUT2D eigenvalue weighted by Crippen LogP contribution is 2.31. The quantitative estimate of drug-likeness (QED) is 0.173. The number of hydrogen-bond acceptors (Lipinski definition) is 6. The molecule has 0 amide bonds. The van der Waals surface area contributed by atoms with E-state index in [0.29, 0.717) is 47.7 Å². The Balaban J connectivity index is 1.55. The molecule has 4 rings (SSSR count). The minimum Gasteiger partial charge on any atom is -0.493 e. The van der Waals surface area contributed by atoms with Crippen LogP contribution >= 0.6 is 11.6 Å². The molecule has 2 unspecified atom stereocenters. The lowest BCUT2D eigenvalue weighted by Crippen LogP contribution is -2.37. The Labute approximate surface area is 248 Å². The standard InChI is InChI=1S/C34H38ClNO5/c1-24(17-26-13-15-31(38-2)33(18-26)39-3)36(22-30(37)28-11-8-12-29(35)20-28)21-27-14-16-32(34(19-27)40-4)41-23-25-9-6-5-7-10-25/h5-16,18-20,24,30,37H,17,21-23H2,1-4H3. The van der Waals surface area contributed by atoms with Crippen molar-refractivity contribution in [2.45, 2.75) is 38.6 Å². The Kier molecular flexibility index (Phi) is 10.9. The van der Waals surface area contributed by atoms with Gasteiger partial charge in [-0.15, -0.1) is 0 Å². The van der Waals surface area contributed by atoms with Crippen LogP contribution in [0.2, 0.25) is 5.02 Å². The van der Waals surface area contributed by atoms with Crippen LogP contribution in [0.3, 0.4) is 0 Å². The van der Waals surface area contributed by atoms with E-state index in [9.17, 15) is 5.11 Å². The third kappa shape index (κ3) is 8.40. The number of methoxy groups -OCH3 is 3. The summed E-state index contributed by atoms with van der Waals surface area (Å²) in [5.74, 6) is 2.74.